The molecule has 0 bridgehead atoms. The fraction of sp³-hybridized carbons (Fsp3) is 0.429. The van der Waals surface area contributed by atoms with Crippen LogP contribution in [0.4, 0.5) is 5.82 Å². The SMILES string of the molecule is Cc1ccc(N2CCN(C(=O)Cc3ccc(C4CC4)cc3)CC2)nc1. The Bertz CT molecular complexity index is 727. The maximum atomic E-state index is 12.6. The Balaban J connectivity index is 1.30. The van der Waals surface area contributed by atoms with Gasteiger partial charge in [-0.05, 0) is 48.4 Å². The molecule has 0 unspecified atom stereocenters. The molecule has 4 nitrogen and oxygen atoms in total. The van der Waals surface area contributed by atoms with E-state index in [0.29, 0.717) is 6.42 Å². The van der Waals surface area contributed by atoms with Gasteiger partial charge >= 0.3 is 0 Å². The van der Waals surface area contributed by atoms with Crippen LogP contribution in [0.2, 0.25) is 0 Å². The highest BCUT2D eigenvalue weighted by molar-refractivity contribution is 5.79. The minimum atomic E-state index is 0.232. The molecule has 2 heterocycles. The smallest absolute Gasteiger partial charge is 0.227 e. The normalized spacial score (nSPS) is 17.6. The van der Waals surface area contributed by atoms with Gasteiger partial charge < -0.3 is 9.80 Å². The first-order valence-corrected chi connectivity index (χ1v) is 9.23. The van der Waals surface area contributed by atoms with E-state index < -0.39 is 0 Å². The Morgan fingerprint density at radius 1 is 1.04 bits per heavy atom. The van der Waals surface area contributed by atoms with Gasteiger partial charge in [0.05, 0.1) is 6.42 Å². The maximum absolute atomic E-state index is 12.6. The number of nitrogens with zero attached hydrogens (tertiary/aromatic N) is 3. The summed E-state index contributed by atoms with van der Waals surface area (Å²) in [6.45, 7) is 5.29. The van der Waals surface area contributed by atoms with Gasteiger partial charge in [0.15, 0.2) is 0 Å². The number of carbonyl (C=O) groups is 1. The first-order valence-electron chi connectivity index (χ1n) is 9.23. The van der Waals surface area contributed by atoms with Gasteiger partial charge in [-0.3, -0.25) is 4.79 Å². The van der Waals surface area contributed by atoms with Gasteiger partial charge in [0.25, 0.3) is 0 Å². The molecule has 1 aromatic heterocycles. The Hall–Kier alpha value is -2.36. The van der Waals surface area contributed by atoms with Crippen LogP contribution in [0.1, 0.15) is 35.4 Å². The molecule has 0 radical (unpaired) electrons. The molecule has 130 valence electrons. The predicted octanol–water partition coefficient (Wildman–Crippen LogP) is 3.16. The third-order valence-corrected chi connectivity index (χ3v) is 5.24. The lowest BCUT2D eigenvalue weighted by atomic mass is 10.1. The van der Waals surface area contributed by atoms with Gasteiger partial charge in [0, 0.05) is 32.4 Å². The summed E-state index contributed by atoms with van der Waals surface area (Å²) in [6, 6.07) is 12.8. The summed E-state index contributed by atoms with van der Waals surface area (Å²) in [4.78, 5) is 21.3. The molecule has 0 atom stereocenters. The van der Waals surface area contributed by atoms with Crippen LogP contribution in [0.3, 0.4) is 0 Å². The maximum Gasteiger partial charge on any atom is 0.227 e. The van der Waals surface area contributed by atoms with Crippen molar-refractivity contribution in [2.45, 2.75) is 32.1 Å². The zero-order valence-corrected chi connectivity index (χ0v) is 14.8. The second kappa shape index (κ2) is 6.87. The Labute approximate surface area is 149 Å². The third-order valence-electron chi connectivity index (χ3n) is 5.24. The largest absolute Gasteiger partial charge is 0.353 e. The van der Waals surface area contributed by atoms with Crippen LogP contribution in [0, 0.1) is 6.92 Å². The molecule has 0 spiro atoms. The van der Waals surface area contributed by atoms with Crippen molar-refractivity contribution in [1.82, 2.24) is 9.88 Å². The summed E-state index contributed by atoms with van der Waals surface area (Å²) in [7, 11) is 0. The summed E-state index contributed by atoms with van der Waals surface area (Å²) in [5.41, 5.74) is 3.72. The van der Waals surface area contributed by atoms with Crippen LogP contribution in [-0.2, 0) is 11.2 Å². The summed E-state index contributed by atoms with van der Waals surface area (Å²) < 4.78 is 0. The number of anilines is 1. The number of carbonyl (C=O) groups excluding carboxylic acids is 1. The highest BCUT2D eigenvalue weighted by Gasteiger charge is 2.24. The van der Waals surface area contributed by atoms with Crippen molar-refractivity contribution in [1.29, 1.82) is 0 Å². The summed E-state index contributed by atoms with van der Waals surface area (Å²) in [5, 5.41) is 0. The molecule has 4 rings (SSSR count). The van der Waals surface area contributed by atoms with Crippen LogP contribution in [0.5, 0.6) is 0 Å². The topological polar surface area (TPSA) is 36.4 Å². The van der Waals surface area contributed by atoms with Crippen molar-refractivity contribution >= 4 is 11.7 Å². The second-order valence-corrected chi connectivity index (χ2v) is 7.25. The number of rotatable bonds is 4. The standard InChI is InChI=1S/C21H25N3O/c1-16-2-9-20(22-15-16)23-10-12-24(13-11-23)21(25)14-17-3-5-18(6-4-17)19-7-8-19/h2-6,9,15,19H,7-8,10-14H2,1H3. The van der Waals surface area contributed by atoms with Crippen molar-refractivity contribution in [3.8, 4) is 0 Å². The van der Waals surface area contributed by atoms with Crippen molar-refractivity contribution in [3.05, 3.63) is 59.3 Å². The highest BCUT2D eigenvalue weighted by Crippen LogP contribution is 2.39. The molecule has 2 aromatic rings. The lowest BCUT2D eigenvalue weighted by Gasteiger charge is -2.35. The number of aryl methyl sites for hydroxylation is 1. The number of piperazine rings is 1. The van der Waals surface area contributed by atoms with Gasteiger partial charge in [-0.1, -0.05) is 30.3 Å². The predicted molar refractivity (Wildman–Crippen MR) is 99.9 cm³/mol. The monoisotopic (exact) mass is 335 g/mol. The van der Waals surface area contributed by atoms with Gasteiger partial charge in [0.1, 0.15) is 5.82 Å². The molecular formula is C21H25N3O. The molecule has 25 heavy (non-hydrogen) atoms. The lowest BCUT2D eigenvalue weighted by Crippen LogP contribution is -2.49. The van der Waals surface area contributed by atoms with E-state index in [4.69, 9.17) is 0 Å². The number of pyridine rings is 1. The van der Waals surface area contributed by atoms with Crippen molar-refractivity contribution in [2.75, 3.05) is 31.1 Å². The molecule has 1 aromatic carbocycles. The van der Waals surface area contributed by atoms with Crippen molar-refractivity contribution in [3.63, 3.8) is 0 Å². The Kier molecular flexibility index (Phi) is 4.43. The van der Waals surface area contributed by atoms with Gasteiger partial charge in [0.2, 0.25) is 5.91 Å². The van der Waals surface area contributed by atoms with Crippen LogP contribution in [0.15, 0.2) is 42.6 Å². The van der Waals surface area contributed by atoms with E-state index in [1.165, 1.54) is 24.0 Å². The molecule has 0 N–H and O–H groups in total. The molecule has 2 aliphatic rings. The quantitative estimate of drug-likeness (QED) is 0.861. The van der Waals surface area contributed by atoms with Crippen LogP contribution < -0.4 is 4.90 Å². The highest BCUT2D eigenvalue weighted by atomic mass is 16.2. The first-order chi connectivity index (χ1) is 12.2. The third kappa shape index (κ3) is 3.84. The van der Waals surface area contributed by atoms with E-state index in [9.17, 15) is 4.79 Å². The van der Waals surface area contributed by atoms with E-state index in [1.54, 1.807) is 0 Å². The molecule has 1 saturated heterocycles. The fourth-order valence-corrected chi connectivity index (χ4v) is 3.44. The molecular weight excluding hydrogens is 310 g/mol. The van der Waals surface area contributed by atoms with E-state index >= 15 is 0 Å². The van der Waals surface area contributed by atoms with Gasteiger partial charge in [-0.25, -0.2) is 4.98 Å². The van der Waals surface area contributed by atoms with E-state index in [0.717, 1.165) is 43.5 Å². The van der Waals surface area contributed by atoms with Gasteiger partial charge in [-0.2, -0.15) is 0 Å². The summed E-state index contributed by atoms with van der Waals surface area (Å²) in [5.74, 6) is 2.01. The molecule has 1 aliphatic carbocycles. The van der Waals surface area contributed by atoms with E-state index in [-0.39, 0.29) is 5.91 Å². The van der Waals surface area contributed by atoms with Gasteiger partial charge in [-0.15, -0.1) is 0 Å². The molecule has 4 heteroatoms. The van der Waals surface area contributed by atoms with Crippen LogP contribution in [-0.4, -0.2) is 42.0 Å². The number of hydrogen-bond donors (Lipinski definition) is 0. The molecule has 2 fully saturated rings. The summed E-state index contributed by atoms with van der Waals surface area (Å²) in [6.07, 6.45) is 5.04. The molecule has 1 saturated carbocycles. The molecule has 1 amide bonds. The zero-order valence-electron chi connectivity index (χ0n) is 14.8. The number of aromatic nitrogens is 1. The number of benzene rings is 1. The minimum Gasteiger partial charge on any atom is -0.353 e. The van der Waals surface area contributed by atoms with Crippen molar-refractivity contribution < 1.29 is 4.79 Å². The van der Waals surface area contributed by atoms with Crippen LogP contribution >= 0.6 is 0 Å². The van der Waals surface area contributed by atoms with Crippen molar-refractivity contribution in [2.24, 2.45) is 0 Å². The number of amides is 1. The second-order valence-electron chi connectivity index (χ2n) is 7.25. The first kappa shape index (κ1) is 16.1. The van der Waals surface area contributed by atoms with E-state index in [2.05, 4.69) is 46.3 Å². The number of hydrogen-bond acceptors (Lipinski definition) is 3. The Morgan fingerprint density at radius 2 is 1.76 bits per heavy atom. The Morgan fingerprint density at radius 3 is 2.36 bits per heavy atom. The lowest BCUT2D eigenvalue weighted by molar-refractivity contribution is -0.130. The van der Waals surface area contributed by atoms with E-state index in [1.807, 2.05) is 18.0 Å². The summed E-state index contributed by atoms with van der Waals surface area (Å²) >= 11 is 0. The molecule has 1 aliphatic heterocycles. The average Bonchev–Trinajstić information content (AvgIpc) is 3.48. The fourth-order valence-electron chi connectivity index (χ4n) is 3.44. The van der Waals surface area contributed by atoms with Crippen LogP contribution in [0.25, 0.3) is 0 Å². The average molecular weight is 335 g/mol. The minimum absolute atomic E-state index is 0.232. The zero-order chi connectivity index (χ0) is 17.2.